The molecule has 1 aliphatic carbocycles. The highest BCUT2D eigenvalue weighted by Gasteiger charge is 2.51. The Labute approximate surface area is 115 Å². The standard InChI is InChI=1S/C15H24O4/c1-4-18-11-9-12(3)15(14(17)19-5-2)10-7-6-8-13(15)16/h9,11-12H,4-8,10H2,1-3H3/b11-9+. The lowest BCUT2D eigenvalue weighted by Gasteiger charge is -2.36. The molecule has 0 N–H and O–H groups in total. The first-order chi connectivity index (χ1) is 9.09. The van der Waals surface area contributed by atoms with Crippen LogP contribution in [0.4, 0.5) is 0 Å². The number of hydrogen-bond donors (Lipinski definition) is 0. The zero-order valence-corrected chi connectivity index (χ0v) is 12.1. The van der Waals surface area contributed by atoms with Crippen molar-refractivity contribution in [3.05, 3.63) is 12.3 Å². The first-order valence-corrected chi connectivity index (χ1v) is 7.08. The fourth-order valence-corrected chi connectivity index (χ4v) is 2.63. The highest BCUT2D eigenvalue weighted by molar-refractivity contribution is 6.04. The molecular weight excluding hydrogens is 244 g/mol. The van der Waals surface area contributed by atoms with E-state index in [0.717, 1.165) is 12.8 Å². The van der Waals surface area contributed by atoms with Crippen molar-refractivity contribution in [1.29, 1.82) is 0 Å². The summed E-state index contributed by atoms with van der Waals surface area (Å²) in [5, 5.41) is 0. The van der Waals surface area contributed by atoms with Crippen LogP contribution < -0.4 is 0 Å². The van der Waals surface area contributed by atoms with Crippen LogP contribution in [0.5, 0.6) is 0 Å². The summed E-state index contributed by atoms with van der Waals surface area (Å²) in [5.41, 5.74) is -1.01. The highest BCUT2D eigenvalue weighted by Crippen LogP contribution is 2.41. The molecule has 0 aromatic heterocycles. The van der Waals surface area contributed by atoms with E-state index < -0.39 is 5.41 Å². The lowest BCUT2D eigenvalue weighted by atomic mass is 9.65. The zero-order valence-electron chi connectivity index (χ0n) is 12.1. The second-order valence-corrected chi connectivity index (χ2v) is 4.89. The fourth-order valence-electron chi connectivity index (χ4n) is 2.63. The smallest absolute Gasteiger partial charge is 0.320 e. The van der Waals surface area contributed by atoms with Gasteiger partial charge < -0.3 is 9.47 Å². The van der Waals surface area contributed by atoms with Crippen molar-refractivity contribution in [1.82, 2.24) is 0 Å². The van der Waals surface area contributed by atoms with Gasteiger partial charge in [-0.1, -0.05) is 13.3 Å². The normalized spacial score (nSPS) is 25.3. The van der Waals surface area contributed by atoms with Crippen LogP contribution in [0.2, 0.25) is 0 Å². The molecule has 1 fully saturated rings. The van der Waals surface area contributed by atoms with Gasteiger partial charge in [0.15, 0.2) is 5.78 Å². The monoisotopic (exact) mass is 268 g/mol. The third kappa shape index (κ3) is 3.37. The second-order valence-electron chi connectivity index (χ2n) is 4.89. The summed E-state index contributed by atoms with van der Waals surface area (Å²) in [5.74, 6) is -0.579. The molecule has 19 heavy (non-hydrogen) atoms. The largest absolute Gasteiger partial charge is 0.502 e. The molecule has 2 atom stereocenters. The van der Waals surface area contributed by atoms with Crippen molar-refractivity contribution < 1.29 is 19.1 Å². The summed E-state index contributed by atoms with van der Waals surface area (Å²) >= 11 is 0. The minimum absolute atomic E-state index is 0.00542. The molecule has 0 aromatic rings. The molecule has 4 heteroatoms. The van der Waals surface area contributed by atoms with Crippen LogP contribution in [-0.4, -0.2) is 25.0 Å². The molecule has 1 rings (SSSR count). The maximum absolute atomic E-state index is 12.3. The number of Topliss-reactive ketones (excluding diaryl/α,β-unsaturated/α-hetero) is 1. The molecule has 0 bridgehead atoms. The van der Waals surface area contributed by atoms with Crippen LogP contribution in [0, 0.1) is 11.3 Å². The van der Waals surface area contributed by atoms with Crippen molar-refractivity contribution in [2.24, 2.45) is 11.3 Å². The third-order valence-electron chi connectivity index (χ3n) is 3.77. The topological polar surface area (TPSA) is 52.6 Å². The van der Waals surface area contributed by atoms with Gasteiger partial charge in [0.25, 0.3) is 0 Å². The summed E-state index contributed by atoms with van der Waals surface area (Å²) in [6, 6.07) is 0. The van der Waals surface area contributed by atoms with Crippen molar-refractivity contribution in [2.45, 2.75) is 46.5 Å². The quantitative estimate of drug-likeness (QED) is 0.422. The number of hydrogen-bond acceptors (Lipinski definition) is 4. The van der Waals surface area contributed by atoms with E-state index in [1.807, 2.05) is 13.8 Å². The molecule has 1 saturated carbocycles. The van der Waals surface area contributed by atoms with Crippen LogP contribution in [0.1, 0.15) is 46.5 Å². The van der Waals surface area contributed by atoms with Gasteiger partial charge in [-0.15, -0.1) is 0 Å². The fraction of sp³-hybridized carbons (Fsp3) is 0.733. The molecular formula is C15H24O4. The van der Waals surface area contributed by atoms with E-state index >= 15 is 0 Å². The summed E-state index contributed by atoms with van der Waals surface area (Å²) in [6.07, 6.45) is 6.16. The maximum atomic E-state index is 12.3. The van der Waals surface area contributed by atoms with Crippen LogP contribution in [0.3, 0.4) is 0 Å². The number of carbonyl (C=O) groups excluding carboxylic acids is 2. The van der Waals surface area contributed by atoms with E-state index in [1.165, 1.54) is 0 Å². The number of allylic oxidation sites excluding steroid dienone is 1. The summed E-state index contributed by atoms with van der Waals surface area (Å²) < 4.78 is 10.3. The lowest BCUT2D eigenvalue weighted by Crippen LogP contribution is -2.47. The van der Waals surface area contributed by atoms with Gasteiger partial charge in [0, 0.05) is 12.3 Å². The van der Waals surface area contributed by atoms with Crippen molar-refractivity contribution in [3.63, 3.8) is 0 Å². The Balaban J connectivity index is 2.97. The molecule has 0 radical (unpaired) electrons. The van der Waals surface area contributed by atoms with Gasteiger partial charge in [0.1, 0.15) is 5.41 Å². The van der Waals surface area contributed by atoms with Gasteiger partial charge in [-0.2, -0.15) is 0 Å². The number of carbonyl (C=O) groups is 2. The second kappa shape index (κ2) is 7.31. The Kier molecular flexibility index (Phi) is 6.06. The van der Waals surface area contributed by atoms with Crippen molar-refractivity contribution in [3.8, 4) is 0 Å². The maximum Gasteiger partial charge on any atom is 0.320 e. The zero-order chi connectivity index (χ0) is 14.3. The van der Waals surface area contributed by atoms with Gasteiger partial charge in [-0.25, -0.2) is 0 Å². The molecule has 0 aromatic carbocycles. The Morgan fingerprint density at radius 1 is 1.37 bits per heavy atom. The third-order valence-corrected chi connectivity index (χ3v) is 3.77. The minimum atomic E-state index is -1.01. The Morgan fingerprint density at radius 3 is 2.68 bits per heavy atom. The van der Waals surface area contributed by atoms with Crippen LogP contribution >= 0.6 is 0 Å². The summed E-state index contributed by atoms with van der Waals surface area (Å²) in [7, 11) is 0. The Hall–Kier alpha value is -1.32. The number of ketones is 1. The number of rotatable bonds is 6. The number of esters is 1. The molecule has 2 unspecified atom stereocenters. The molecule has 0 amide bonds. The molecule has 0 aliphatic heterocycles. The SMILES string of the molecule is CCO/C=C/C(C)C1(C(=O)OCC)CCCCC1=O. The van der Waals surface area contributed by atoms with Crippen LogP contribution in [0.15, 0.2) is 12.3 Å². The van der Waals surface area contributed by atoms with Gasteiger partial charge in [-0.05, 0) is 32.8 Å². The van der Waals surface area contributed by atoms with E-state index in [4.69, 9.17) is 9.47 Å². The van der Waals surface area contributed by atoms with Gasteiger partial charge in [-0.3, -0.25) is 9.59 Å². The molecule has 0 saturated heterocycles. The van der Waals surface area contributed by atoms with Gasteiger partial charge >= 0.3 is 5.97 Å². The molecule has 1 aliphatic rings. The average molecular weight is 268 g/mol. The predicted octanol–water partition coefficient (Wildman–Crippen LogP) is 2.87. The van der Waals surface area contributed by atoms with Crippen molar-refractivity contribution >= 4 is 11.8 Å². The van der Waals surface area contributed by atoms with Gasteiger partial charge in [0.2, 0.25) is 0 Å². The first-order valence-electron chi connectivity index (χ1n) is 7.08. The van der Waals surface area contributed by atoms with E-state index in [-0.39, 0.29) is 17.7 Å². The molecule has 4 nitrogen and oxygen atoms in total. The van der Waals surface area contributed by atoms with Gasteiger partial charge in [0.05, 0.1) is 19.5 Å². The molecule has 0 heterocycles. The van der Waals surface area contributed by atoms with E-state index in [2.05, 4.69) is 0 Å². The van der Waals surface area contributed by atoms with E-state index in [1.54, 1.807) is 19.3 Å². The molecule has 108 valence electrons. The van der Waals surface area contributed by atoms with Crippen molar-refractivity contribution in [2.75, 3.05) is 13.2 Å². The van der Waals surface area contributed by atoms with E-state index in [0.29, 0.717) is 26.1 Å². The first kappa shape index (κ1) is 15.7. The molecule has 0 spiro atoms. The minimum Gasteiger partial charge on any atom is -0.502 e. The lowest BCUT2D eigenvalue weighted by molar-refractivity contribution is -0.165. The average Bonchev–Trinajstić information content (AvgIpc) is 2.39. The highest BCUT2D eigenvalue weighted by atomic mass is 16.5. The summed E-state index contributed by atoms with van der Waals surface area (Å²) in [4.78, 5) is 24.6. The number of ether oxygens (including phenoxy) is 2. The van der Waals surface area contributed by atoms with Crippen LogP contribution in [0.25, 0.3) is 0 Å². The summed E-state index contributed by atoms with van der Waals surface area (Å²) in [6.45, 7) is 6.41. The Bertz CT molecular complexity index is 348. The Morgan fingerprint density at radius 2 is 2.11 bits per heavy atom. The predicted molar refractivity (Wildman–Crippen MR) is 72.5 cm³/mol. The van der Waals surface area contributed by atoms with E-state index in [9.17, 15) is 9.59 Å². The van der Waals surface area contributed by atoms with Crippen LogP contribution in [-0.2, 0) is 19.1 Å².